The van der Waals surface area contributed by atoms with Gasteiger partial charge in [-0.15, -0.1) is 0 Å². The molecule has 0 aliphatic heterocycles. The van der Waals surface area contributed by atoms with Crippen LogP contribution in [-0.2, 0) is 28.6 Å². The molecule has 0 bridgehead atoms. The molecule has 1 N–H and O–H groups in total. The van der Waals surface area contributed by atoms with Crippen molar-refractivity contribution in [2.75, 3.05) is 41.0 Å². The van der Waals surface area contributed by atoms with Crippen molar-refractivity contribution < 1.29 is 38.2 Å². The van der Waals surface area contributed by atoms with Crippen molar-refractivity contribution in [2.45, 2.75) is 154 Å². The van der Waals surface area contributed by atoms with E-state index in [0.717, 1.165) is 89.9 Å². The summed E-state index contributed by atoms with van der Waals surface area (Å²) in [4.78, 5) is 37.0. The minimum atomic E-state index is -0.891. The topological polar surface area (TPSA) is 99.1 Å². The number of carboxylic acid groups (broad SMARTS) is 1. The van der Waals surface area contributed by atoms with Crippen LogP contribution in [0.3, 0.4) is 0 Å². The van der Waals surface area contributed by atoms with Crippen LogP contribution in [0.15, 0.2) is 97.2 Å². The summed E-state index contributed by atoms with van der Waals surface area (Å²) >= 11 is 0. The molecule has 8 heteroatoms. The van der Waals surface area contributed by atoms with Crippen molar-refractivity contribution in [2.24, 2.45) is 0 Å². The van der Waals surface area contributed by atoms with Gasteiger partial charge in [0.1, 0.15) is 6.61 Å². The number of carbonyl (C=O) groups excluding carboxylic acids is 2. The number of ether oxygens (including phenoxy) is 3. The number of hydrogen-bond acceptors (Lipinski definition) is 6. The van der Waals surface area contributed by atoms with Crippen molar-refractivity contribution in [1.82, 2.24) is 0 Å². The zero-order chi connectivity index (χ0) is 42.1. The first-order valence-corrected chi connectivity index (χ1v) is 21.8. The number of esters is 2. The summed E-state index contributed by atoms with van der Waals surface area (Å²) < 4.78 is 17.2. The zero-order valence-electron chi connectivity index (χ0n) is 36.5. The standard InChI is InChI=1S/C49H79NO7/c1-6-8-10-12-14-16-18-20-22-24-26-28-30-32-34-36-38-40-48(52)57-45(43-55-42-41-46(49(53)54)50(3,4)5)44-56-47(51)39-37-35-33-31-29-27-25-23-21-19-17-15-13-11-9-7-2/h8-11,14-17,20-23,26,28,32,34,45-46H,6-7,12-13,18-19,24-25,27,29-31,33,35-44H2,1-5H3/p+1/b10-8+,11-9+,16-14+,17-15+,22-20+,23-21+,28-26+,34-32+. The predicted molar refractivity (Wildman–Crippen MR) is 238 cm³/mol. The number of aliphatic carboxylic acids is 1. The van der Waals surface area contributed by atoms with Gasteiger partial charge >= 0.3 is 17.9 Å². The average Bonchev–Trinajstić information content (AvgIpc) is 3.17. The van der Waals surface area contributed by atoms with E-state index in [-0.39, 0.29) is 42.7 Å². The van der Waals surface area contributed by atoms with Crippen molar-refractivity contribution in [3.63, 3.8) is 0 Å². The van der Waals surface area contributed by atoms with Gasteiger partial charge in [-0.3, -0.25) is 9.59 Å². The second kappa shape index (κ2) is 39.1. The lowest BCUT2D eigenvalue weighted by atomic mass is 10.1. The number of carbonyl (C=O) groups is 3. The highest BCUT2D eigenvalue weighted by Gasteiger charge is 2.31. The smallest absolute Gasteiger partial charge is 0.362 e. The second-order valence-electron chi connectivity index (χ2n) is 15.2. The summed E-state index contributed by atoms with van der Waals surface area (Å²) in [6.07, 6.45) is 51.7. The Bertz CT molecular complexity index is 1250. The van der Waals surface area contributed by atoms with E-state index >= 15 is 0 Å². The van der Waals surface area contributed by atoms with E-state index in [0.29, 0.717) is 19.3 Å². The quantitative estimate of drug-likeness (QED) is 0.0289. The highest BCUT2D eigenvalue weighted by Crippen LogP contribution is 2.12. The van der Waals surface area contributed by atoms with Crippen LogP contribution in [0.4, 0.5) is 0 Å². The van der Waals surface area contributed by atoms with Gasteiger partial charge < -0.3 is 23.8 Å². The molecule has 0 heterocycles. The monoisotopic (exact) mass is 795 g/mol. The molecule has 0 saturated heterocycles. The number of nitrogens with zero attached hydrogens (tertiary/aromatic N) is 1. The molecule has 0 spiro atoms. The molecule has 0 fully saturated rings. The highest BCUT2D eigenvalue weighted by molar-refractivity contribution is 5.72. The number of unbranched alkanes of at least 4 members (excludes halogenated alkanes) is 7. The third-order valence-corrected chi connectivity index (χ3v) is 8.98. The average molecular weight is 795 g/mol. The molecule has 0 aliphatic carbocycles. The van der Waals surface area contributed by atoms with Crippen molar-refractivity contribution in [1.29, 1.82) is 0 Å². The number of quaternary nitrogens is 1. The number of carboxylic acids is 1. The minimum absolute atomic E-state index is 0.0276. The Morgan fingerprint density at radius 2 is 0.947 bits per heavy atom. The van der Waals surface area contributed by atoms with Gasteiger partial charge in [-0.25, -0.2) is 4.79 Å². The summed E-state index contributed by atoms with van der Waals surface area (Å²) in [6, 6.07) is -0.632. The molecule has 0 amide bonds. The first-order valence-electron chi connectivity index (χ1n) is 21.8. The molecule has 0 aromatic heterocycles. The van der Waals surface area contributed by atoms with Gasteiger partial charge in [-0.05, 0) is 83.5 Å². The molecule has 0 aromatic rings. The maximum Gasteiger partial charge on any atom is 0.362 e. The molecule has 322 valence electrons. The SMILES string of the molecule is CC/C=C/C/C=C/C/C=C/C/C=C/C/C=C/CCCC(=O)OC(COCCC(C(=O)O)[N+](C)(C)C)COC(=O)CCCCCCCC/C=C/C/C=C/C/C=C/CC. The van der Waals surface area contributed by atoms with Crippen LogP contribution in [0, 0.1) is 0 Å². The van der Waals surface area contributed by atoms with Gasteiger partial charge in [-0.1, -0.05) is 137 Å². The van der Waals surface area contributed by atoms with E-state index in [4.69, 9.17) is 14.2 Å². The van der Waals surface area contributed by atoms with Crippen LogP contribution >= 0.6 is 0 Å². The van der Waals surface area contributed by atoms with E-state index in [1.807, 2.05) is 21.1 Å². The molecule has 0 aliphatic rings. The third-order valence-electron chi connectivity index (χ3n) is 8.98. The summed E-state index contributed by atoms with van der Waals surface area (Å²) in [7, 11) is 5.49. The maximum atomic E-state index is 12.7. The maximum absolute atomic E-state index is 12.7. The Balaban J connectivity index is 4.49. The van der Waals surface area contributed by atoms with E-state index in [1.165, 1.54) is 12.8 Å². The lowest BCUT2D eigenvalue weighted by molar-refractivity contribution is -0.887. The minimum Gasteiger partial charge on any atom is -0.477 e. The fourth-order valence-electron chi connectivity index (χ4n) is 5.67. The predicted octanol–water partition coefficient (Wildman–Crippen LogP) is 11.9. The second-order valence-corrected chi connectivity index (χ2v) is 15.2. The van der Waals surface area contributed by atoms with E-state index in [9.17, 15) is 19.5 Å². The molecule has 2 atom stereocenters. The normalized spacial score (nSPS) is 13.9. The van der Waals surface area contributed by atoms with Crippen molar-refractivity contribution in [3.05, 3.63) is 97.2 Å². The number of hydrogen-bond donors (Lipinski definition) is 1. The van der Waals surface area contributed by atoms with Crippen LogP contribution < -0.4 is 0 Å². The van der Waals surface area contributed by atoms with Gasteiger partial charge in [0, 0.05) is 19.3 Å². The van der Waals surface area contributed by atoms with Crippen LogP contribution in [-0.4, -0.2) is 80.6 Å². The Morgan fingerprint density at radius 3 is 1.42 bits per heavy atom. The van der Waals surface area contributed by atoms with Crippen LogP contribution in [0.2, 0.25) is 0 Å². The van der Waals surface area contributed by atoms with E-state index in [2.05, 4.69) is 111 Å². The summed E-state index contributed by atoms with van der Waals surface area (Å²) in [6.45, 7) is 4.41. The first kappa shape index (κ1) is 53.2. The van der Waals surface area contributed by atoms with Crippen molar-refractivity contribution in [3.8, 4) is 0 Å². The lowest BCUT2D eigenvalue weighted by Gasteiger charge is -2.31. The Labute approximate surface area is 347 Å². The molecular weight excluding hydrogens is 715 g/mol. The molecule has 0 rings (SSSR count). The molecular formula is C49H80NO7+. The summed E-state index contributed by atoms with van der Waals surface area (Å²) in [5.41, 5.74) is 0. The van der Waals surface area contributed by atoms with Gasteiger partial charge in [0.15, 0.2) is 12.1 Å². The molecule has 0 radical (unpaired) electrons. The van der Waals surface area contributed by atoms with Crippen LogP contribution in [0.1, 0.15) is 142 Å². The van der Waals surface area contributed by atoms with E-state index in [1.54, 1.807) is 0 Å². The molecule has 0 saturated carbocycles. The molecule has 0 aromatic carbocycles. The number of likely N-dealkylation sites (N-methyl/N-ethyl adjacent to an activating group) is 1. The molecule has 2 unspecified atom stereocenters. The highest BCUT2D eigenvalue weighted by atomic mass is 16.6. The van der Waals surface area contributed by atoms with Crippen LogP contribution in [0.25, 0.3) is 0 Å². The fourth-order valence-corrected chi connectivity index (χ4v) is 5.67. The summed E-state index contributed by atoms with van der Waals surface area (Å²) in [5.74, 6) is -1.58. The Hall–Kier alpha value is -3.75. The van der Waals surface area contributed by atoms with Crippen molar-refractivity contribution >= 4 is 17.9 Å². The van der Waals surface area contributed by atoms with Crippen LogP contribution in [0.5, 0.6) is 0 Å². The lowest BCUT2D eigenvalue weighted by Crippen LogP contribution is -2.50. The first-order chi connectivity index (χ1) is 27.6. The van der Waals surface area contributed by atoms with Gasteiger partial charge in [0.2, 0.25) is 0 Å². The summed E-state index contributed by atoms with van der Waals surface area (Å²) in [5, 5.41) is 9.62. The van der Waals surface area contributed by atoms with Gasteiger partial charge in [0.05, 0.1) is 34.4 Å². The third kappa shape index (κ3) is 37.6. The van der Waals surface area contributed by atoms with Gasteiger partial charge in [0.25, 0.3) is 0 Å². The molecule has 8 nitrogen and oxygen atoms in total. The van der Waals surface area contributed by atoms with E-state index < -0.39 is 18.1 Å². The number of rotatable bonds is 37. The van der Waals surface area contributed by atoms with Gasteiger partial charge in [-0.2, -0.15) is 0 Å². The largest absolute Gasteiger partial charge is 0.477 e. The Kier molecular flexibility index (Phi) is 36.5. The fraction of sp³-hybridized carbons (Fsp3) is 0.612. The zero-order valence-corrected chi connectivity index (χ0v) is 36.5. The number of allylic oxidation sites excluding steroid dienone is 16. The molecule has 57 heavy (non-hydrogen) atoms. The Morgan fingerprint density at radius 1 is 0.526 bits per heavy atom.